The van der Waals surface area contributed by atoms with E-state index in [4.69, 9.17) is 0 Å². The molecule has 80 valence electrons. The Bertz CT molecular complexity index is 461. The molecule has 3 nitrogen and oxygen atoms in total. The molecule has 0 atom stereocenters. The summed E-state index contributed by atoms with van der Waals surface area (Å²) in [5.74, 6) is 0. The van der Waals surface area contributed by atoms with Crippen LogP contribution in [0.25, 0.3) is 10.4 Å². The van der Waals surface area contributed by atoms with Crippen LogP contribution in [0.4, 0.5) is 0 Å². The number of hydrogen-bond acceptors (Lipinski definition) is 3. The molecule has 0 spiro atoms. The third kappa shape index (κ3) is 2.14. The van der Waals surface area contributed by atoms with Gasteiger partial charge < -0.3 is 5.32 Å². The van der Waals surface area contributed by atoms with Crippen LogP contribution >= 0.6 is 27.3 Å². The molecule has 2 rings (SSSR count). The van der Waals surface area contributed by atoms with Crippen molar-refractivity contribution in [1.29, 1.82) is 0 Å². The van der Waals surface area contributed by atoms with Gasteiger partial charge in [0.05, 0.1) is 11.9 Å². The second kappa shape index (κ2) is 4.47. The van der Waals surface area contributed by atoms with E-state index in [0.29, 0.717) is 0 Å². The molecule has 0 aliphatic carbocycles. The Kier molecular flexibility index (Phi) is 3.23. The number of nitrogens with one attached hydrogen (secondary N) is 1. The molecular formula is C10H12BrN3S. The number of aromatic nitrogens is 2. The lowest BCUT2D eigenvalue weighted by Crippen LogP contribution is -2.10. The molecule has 2 aromatic rings. The van der Waals surface area contributed by atoms with Crippen molar-refractivity contribution in [3.63, 3.8) is 0 Å². The lowest BCUT2D eigenvalue weighted by atomic mass is 10.2. The SMILES string of the molecule is CNCc1c(-c2cc(Br)cs2)cnn1C. The molecule has 2 heterocycles. The molecule has 0 amide bonds. The Hall–Kier alpha value is -0.650. The van der Waals surface area contributed by atoms with Gasteiger partial charge in [-0.05, 0) is 29.0 Å². The molecule has 0 fully saturated rings. The van der Waals surface area contributed by atoms with Crippen LogP contribution in [0.5, 0.6) is 0 Å². The average Bonchev–Trinajstić information content (AvgIpc) is 2.76. The van der Waals surface area contributed by atoms with Crippen molar-refractivity contribution in [3.05, 3.63) is 27.8 Å². The van der Waals surface area contributed by atoms with Crippen LogP contribution in [-0.4, -0.2) is 16.8 Å². The zero-order valence-electron chi connectivity index (χ0n) is 8.62. The van der Waals surface area contributed by atoms with Crippen LogP contribution in [0.15, 0.2) is 22.1 Å². The Labute approximate surface area is 101 Å². The van der Waals surface area contributed by atoms with E-state index in [1.165, 1.54) is 16.1 Å². The minimum atomic E-state index is 0.835. The monoisotopic (exact) mass is 285 g/mol. The summed E-state index contributed by atoms with van der Waals surface area (Å²) in [4.78, 5) is 1.25. The van der Waals surface area contributed by atoms with E-state index in [9.17, 15) is 0 Å². The predicted octanol–water partition coefficient (Wildman–Crippen LogP) is 2.63. The lowest BCUT2D eigenvalue weighted by molar-refractivity contribution is 0.673. The van der Waals surface area contributed by atoms with E-state index in [-0.39, 0.29) is 0 Å². The number of aryl methyl sites for hydroxylation is 1. The summed E-state index contributed by atoms with van der Waals surface area (Å²) < 4.78 is 3.04. The van der Waals surface area contributed by atoms with Gasteiger partial charge in [0, 0.05) is 33.9 Å². The first-order chi connectivity index (χ1) is 7.22. The van der Waals surface area contributed by atoms with Crippen molar-refractivity contribution < 1.29 is 0 Å². The minimum absolute atomic E-state index is 0.835. The highest BCUT2D eigenvalue weighted by molar-refractivity contribution is 9.10. The van der Waals surface area contributed by atoms with Gasteiger partial charge in [-0.2, -0.15) is 5.10 Å². The Balaban J connectivity index is 2.43. The Morgan fingerprint density at radius 1 is 1.60 bits per heavy atom. The first-order valence-corrected chi connectivity index (χ1v) is 6.29. The van der Waals surface area contributed by atoms with E-state index in [0.717, 1.165) is 11.0 Å². The summed E-state index contributed by atoms with van der Waals surface area (Å²) in [5.41, 5.74) is 2.43. The van der Waals surface area contributed by atoms with Crippen LogP contribution in [0.3, 0.4) is 0 Å². The third-order valence-corrected chi connectivity index (χ3v) is 3.96. The van der Waals surface area contributed by atoms with Gasteiger partial charge in [0.1, 0.15) is 0 Å². The number of halogens is 1. The van der Waals surface area contributed by atoms with E-state index in [1.807, 2.05) is 25.0 Å². The van der Waals surface area contributed by atoms with Crippen molar-refractivity contribution in [3.8, 4) is 10.4 Å². The first kappa shape index (κ1) is 10.9. The average molecular weight is 286 g/mol. The summed E-state index contributed by atoms with van der Waals surface area (Å²) in [7, 11) is 3.92. The van der Waals surface area contributed by atoms with Gasteiger partial charge in [-0.1, -0.05) is 0 Å². The van der Waals surface area contributed by atoms with Gasteiger partial charge in [-0.15, -0.1) is 11.3 Å². The van der Waals surface area contributed by atoms with Gasteiger partial charge >= 0.3 is 0 Å². The summed E-state index contributed by atoms with van der Waals surface area (Å²) in [6.45, 7) is 0.835. The van der Waals surface area contributed by atoms with Crippen LogP contribution in [-0.2, 0) is 13.6 Å². The van der Waals surface area contributed by atoms with Crippen LogP contribution in [0, 0.1) is 0 Å². The first-order valence-electron chi connectivity index (χ1n) is 4.62. The van der Waals surface area contributed by atoms with Gasteiger partial charge in [0.25, 0.3) is 0 Å². The minimum Gasteiger partial charge on any atom is -0.314 e. The van der Waals surface area contributed by atoms with Crippen molar-refractivity contribution >= 4 is 27.3 Å². The maximum absolute atomic E-state index is 4.29. The van der Waals surface area contributed by atoms with Gasteiger partial charge in [-0.3, -0.25) is 4.68 Å². The van der Waals surface area contributed by atoms with Crippen LogP contribution in [0.1, 0.15) is 5.69 Å². The zero-order valence-corrected chi connectivity index (χ0v) is 11.0. The molecule has 2 aromatic heterocycles. The number of rotatable bonds is 3. The quantitative estimate of drug-likeness (QED) is 0.940. The second-order valence-corrected chi connectivity index (χ2v) is 5.11. The van der Waals surface area contributed by atoms with E-state index >= 15 is 0 Å². The van der Waals surface area contributed by atoms with Gasteiger partial charge in [-0.25, -0.2) is 0 Å². The van der Waals surface area contributed by atoms with Gasteiger partial charge in [0.2, 0.25) is 0 Å². The fourth-order valence-corrected chi connectivity index (χ4v) is 2.96. The Morgan fingerprint density at radius 2 is 2.40 bits per heavy atom. The molecule has 5 heteroatoms. The maximum Gasteiger partial charge on any atom is 0.0605 e. The molecule has 15 heavy (non-hydrogen) atoms. The fraction of sp³-hybridized carbons (Fsp3) is 0.300. The molecule has 0 saturated heterocycles. The normalized spacial score (nSPS) is 10.9. The van der Waals surface area contributed by atoms with Crippen molar-refractivity contribution in [2.75, 3.05) is 7.05 Å². The Morgan fingerprint density at radius 3 is 3.00 bits per heavy atom. The molecule has 0 saturated carbocycles. The highest BCUT2D eigenvalue weighted by atomic mass is 79.9. The molecular weight excluding hydrogens is 274 g/mol. The largest absolute Gasteiger partial charge is 0.314 e. The summed E-state index contributed by atoms with van der Waals surface area (Å²) in [6, 6.07) is 2.13. The van der Waals surface area contributed by atoms with E-state index in [1.54, 1.807) is 11.3 Å². The molecule has 0 unspecified atom stereocenters. The topological polar surface area (TPSA) is 29.9 Å². The fourth-order valence-electron chi connectivity index (χ4n) is 1.50. The van der Waals surface area contributed by atoms with E-state index < -0.39 is 0 Å². The summed E-state index contributed by atoms with van der Waals surface area (Å²) >= 11 is 5.20. The molecule has 0 bridgehead atoms. The molecule has 0 aliphatic rings. The molecule has 0 radical (unpaired) electrons. The highest BCUT2D eigenvalue weighted by Gasteiger charge is 2.11. The number of nitrogens with zero attached hydrogens (tertiary/aromatic N) is 2. The zero-order chi connectivity index (χ0) is 10.8. The summed E-state index contributed by atoms with van der Waals surface area (Å²) in [5, 5.41) is 9.54. The second-order valence-electron chi connectivity index (χ2n) is 3.29. The third-order valence-electron chi connectivity index (χ3n) is 2.24. The van der Waals surface area contributed by atoms with Crippen molar-refractivity contribution in [2.24, 2.45) is 7.05 Å². The number of thiophene rings is 1. The number of hydrogen-bond donors (Lipinski definition) is 1. The van der Waals surface area contributed by atoms with Gasteiger partial charge in [0.15, 0.2) is 0 Å². The lowest BCUT2D eigenvalue weighted by Gasteiger charge is -2.03. The molecule has 0 aliphatic heterocycles. The smallest absolute Gasteiger partial charge is 0.0605 e. The van der Waals surface area contributed by atoms with Crippen LogP contribution < -0.4 is 5.32 Å². The predicted molar refractivity (Wildman–Crippen MR) is 67.0 cm³/mol. The molecule has 1 N–H and O–H groups in total. The van der Waals surface area contributed by atoms with E-state index in [2.05, 4.69) is 37.8 Å². The molecule has 0 aromatic carbocycles. The highest BCUT2D eigenvalue weighted by Crippen LogP contribution is 2.31. The summed E-state index contributed by atoms with van der Waals surface area (Å²) in [6.07, 6.45) is 1.92. The van der Waals surface area contributed by atoms with Crippen molar-refractivity contribution in [2.45, 2.75) is 6.54 Å². The van der Waals surface area contributed by atoms with Crippen molar-refractivity contribution in [1.82, 2.24) is 15.1 Å². The van der Waals surface area contributed by atoms with Crippen LogP contribution in [0.2, 0.25) is 0 Å². The maximum atomic E-state index is 4.29. The standard InChI is InChI=1S/C10H12BrN3S/c1-12-5-9-8(4-13-14(9)2)10-3-7(11)6-15-10/h3-4,6,12H,5H2,1-2H3.